The molecule has 4 heteroatoms. The lowest BCUT2D eigenvalue weighted by atomic mass is 10.2. The summed E-state index contributed by atoms with van der Waals surface area (Å²) in [7, 11) is 0. The first-order valence-electron chi connectivity index (χ1n) is 5.89. The Bertz CT molecular complexity index is 891. The molecule has 0 aliphatic carbocycles. The van der Waals surface area contributed by atoms with Crippen molar-refractivity contribution in [3.8, 4) is 10.4 Å². The zero-order valence-electron chi connectivity index (χ0n) is 9.84. The van der Waals surface area contributed by atoms with Gasteiger partial charge in [0, 0.05) is 22.0 Å². The molecule has 0 atom stereocenters. The second-order valence-corrected chi connectivity index (χ2v) is 6.66. The molecule has 3 aromatic heterocycles. The Labute approximate surface area is 123 Å². The van der Waals surface area contributed by atoms with Gasteiger partial charge in [-0.15, -0.1) is 11.3 Å². The topological polar surface area (TPSA) is 4.10 Å². The van der Waals surface area contributed by atoms with Crippen molar-refractivity contribution < 1.29 is 4.40 Å². The van der Waals surface area contributed by atoms with Crippen molar-refractivity contribution in [1.29, 1.82) is 0 Å². The number of pyridine rings is 1. The molecule has 0 N–H and O–H groups in total. The van der Waals surface area contributed by atoms with Gasteiger partial charge in [-0.3, -0.25) is 0 Å². The number of nitrogens with zero attached hydrogens (tertiary/aromatic N) is 1. The molecular weight excluding hydrogens is 294 g/mol. The average molecular weight is 303 g/mol. The number of fused-ring (bicyclic) bond motifs is 3. The molecule has 0 radical (unpaired) electrons. The average Bonchev–Trinajstić information content (AvgIpc) is 3.04. The first-order valence-corrected chi connectivity index (χ1v) is 7.96. The standard InChI is InChI=1S/C15H9ClNS2/c16-12-4-2-1-3-11(12)13-9-17-7-5-10-6-8-18-14(10)15(17)19-13/h1-9H/q+1. The number of hydrogen-bond acceptors (Lipinski definition) is 2. The zero-order chi connectivity index (χ0) is 12.8. The Kier molecular flexibility index (Phi) is 2.58. The van der Waals surface area contributed by atoms with Crippen LogP contribution in [0.5, 0.6) is 0 Å². The van der Waals surface area contributed by atoms with Crippen LogP contribution >= 0.6 is 34.3 Å². The molecule has 4 rings (SSSR count). The van der Waals surface area contributed by atoms with Crippen molar-refractivity contribution in [2.75, 3.05) is 0 Å². The second-order valence-electron chi connectivity index (χ2n) is 4.31. The number of rotatable bonds is 1. The fraction of sp³-hybridized carbons (Fsp3) is 0. The van der Waals surface area contributed by atoms with Crippen molar-refractivity contribution >= 4 is 49.2 Å². The van der Waals surface area contributed by atoms with Crippen LogP contribution in [0.3, 0.4) is 0 Å². The number of thiazole rings is 1. The third-order valence-corrected chi connectivity index (χ3v) is 5.69. The summed E-state index contributed by atoms with van der Waals surface area (Å²) in [4.78, 5) is 2.48. The van der Waals surface area contributed by atoms with Gasteiger partial charge in [0.05, 0.1) is 0 Å². The van der Waals surface area contributed by atoms with Gasteiger partial charge in [0.15, 0.2) is 12.4 Å². The molecule has 92 valence electrons. The second kappa shape index (κ2) is 4.30. The van der Waals surface area contributed by atoms with Crippen LogP contribution in [0.1, 0.15) is 0 Å². The highest BCUT2D eigenvalue weighted by Gasteiger charge is 2.16. The molecule has 1 aromatic carbocycles. The monoisotopic (exact) mass is 302 g/mol. The molecule has 0 spiro atoms. The third-order valence-electron chi connectivity index (χ3n) is 3.14. The van der Waals surface area contributed by atoms with E-state index in [1.165, 1.54) is 19.8 Å². The van der Waals surface area contributed by atoms with Crippen LogP contribution in [0.2, 0.25) is 5.02 Å². The van der Waals surface area contributed by atoms with Gasteiger partial charge in [-0.05, 0) is 17.5 Å². The molecule has 4 aromatic rings. The maximum absolute atomic E-state index is 6.28. The van der Waals surface area contributed by atoms with Gasteiger partial charge in [0.1, 0.15) is 9.58 Å². The summed E-state index contributed by atoms with van der Waals surface area (Å²) in [5.74, 6) is 0. The maximum Gasteiger partial charge on any atom is 0.285 e. The van der Waals surface area contributed by atoms with E-state index >= 15 is 0 Å². The number of halogens is 1. The normalized spacial score (nSPS) is 11.4. The van der Waals surface area contributed by atoms with Gasteiger partial charge < -0.3 is 0 Å². The molecule has 1 nitrogen and oxygen atoms in total. The number of aromatic nitrogens is 1. The highest BCUT2D eigenvalue weighted by molar-refractivity contribution is 7.26. The van der Waals surface area contributed by atoms with Gasteiger partial charge in [-0.25, -0.2) is 0 Å². The lowest BCUT2D eigenvalue weighted by Crippen LogP contribution is -2.15. The van der Waals surface area contributed by atoms with E-state index in [1.54, 1.807) is 22.7 Å². The van der Waals surface area contributed by atoms with Gasteiger partial charge in [0.25, 0.3) is 4.83 Å². The van der Waals surface area contributed by atoms with E-state index < -0.39 is 0 Å². The molecule has 0 unspecified atom stereocenters. The van der Waals surface area contributed by atoms with E-state index in [4.69, 9.17) is 11.6 Å². The Morgan fingerprint density at radius 3 is 2.84 bits per heavy atom. The van der Waals surface area contributed by atoms with Crippen LogP contribution in [0.25, 0.3) is 25.4 Å². The molecular formula is C15H9ClNS2+. The summed E-state index contributed by atoms with van der Waals surface area (Å²) in [6.45, 7) is 0. The van der Waals surface area contributed by atoms with E-state index in [2.05, 4.69) is 40.4 Å². The van der Waals surface area contributed by atoms with E-state index in [1.807, 2.05) is 18.2 Å². The van der Waals surface area contributed by atoms with Gasteiger partial charge >= 0.3 is 0 Å². The van der Waals surface area contributed by atoms with E-state index in [0.717, 1.165) is 10.6 Å². The van der Waals surface area contributed by atoms with Crippen molar-refractivity contribution in [2.45, 2.75) is 0 Å². The van der Waals surface area contributed by atoms with E-state index in [0.29, 0.717) is 0 Å². The number of hydrogen-bond donors (Lipinski definition) is 0. The highest BCUT2D eigenvalue weighted by atomic mass is 35.5. The fourth-order valence-electron chi connectivity index (χ4n) is 2.21. The molecule has 0 amide bonds. The van der Waals surface area contributed by atoms with Crippen LogP contribution in [0, 0.1) is 0 Å². The van der Waals surface area contributed by atoms with Crippen LogP contribution in [-0.4, -0.2) is 0 Å². The van der Waals surface area contributed by atoms with Crippen LogP contribution in [0.15, 0.2) is 54.2 Å². The highest BCUT2D eigenvalue weighted by Crippen LogP contribution is 2.34. The predicted octanol–water partition coefficient (Wildman–Crippen LogP) is 5.02. The smallest absolute Gasteiger partial charge is 0.155 e. The molecule has 0 saturated carbocycles. The Hall–Kier alpha value is -1.42. The molecule has 3 heterocycles. The Morgan fingerprint density at radius 1 is 1.05 bits per heavy atom. The molecule has 0 fully saturated rings. The predicted molar refractivity (Wildman–Crippen MR) is 83.3 cm³/mol. The summed E-state index contributed by atoms with van der Waals surface area (Å²) in [6.07, 6.45) is 4.27. The number of thiophene rings is 1. The number of benzene rings is 1. The molecule has 0 saturated heterocycles. The Balaban J connectivity index is 2.04. The third kappa shape index (κ3) is 1.77. The molecule has 0 aliphatic rings. The van der Waals surface area contributed by atoms with Crippen molar-refractivity contribution in [3.63, 3.8) is 0 Å². The van der Waals surface area contributed by atoms with Crippen LogP contribution in [-0.2, 0) is 0 Å². The summed E-state index contributed by atoms with van der Waals surface area (Å²) < 4.78 is 3.52. The molecule has 0 aliphatic heterocycles. The van der Waals surface area contributed by atoms with Gasteiger partial charge in [-0.2, -0.15) is 4.40 Å². The molecule has 19 heavy (non-hydrogen) atoms. The quantitative estimate of drug-likeness (QED) is 0.435. The van der Waals surface area contributed by atoms with Crippen molar-refractivity contribution in [1.82, 2.24) is 0 Å². The van der Waals surface area contributed by atoms with Crippen molar-refractivity contribution in [2.24, 2.45) is 0 Å². The lowest BCUT2D eigenvalue weighted by Gasteiger charge is -1.96. The van der Waals surface area contributed by atoms with Crippen LogP contribution in [0.4, 0.5) is 0 Å². The fourth-order valence-corrected chi connectivity index (χ4v) is 4.70. The van der Waals surface area contributed by atoms with Gasteiger partial charge in [0.2, 0.25) is 0 Å². The summed E-state index contributed by atoms with van der Waals surface area (Å²) in [5.41, 5.74) is 1.10. The summed E-state index contributed by atoms with van der Waals surface area (Å²) >= 11 is 9.86. The zero-order valence-corrected chi connectivity index (χ0v) is 12.2. The first kappa shape index (κ1) is 11.4. The first-order chi connectivity index (χ1) is 9.33. The van der Waals surface area contributed by atoms with Crippen LogP contribution < -0.4 is 4.40 Å². The minimum atomic E-state index is 0.803. The summed E-state index contributed by atoms with van der Waals surface area (Å²) in [5, 5.41) is 4.24. The van der Waals surface area contributed by atoms with Gasteiger partial charge in [-0.1, -0.05) is 41.1 Å². The minimum absolute atomic E-state index is 0.803. The van der Waals surface area contributed by atoms with E-state index in [-0.39, 0.29) is 0 Å². The minimum Gasteiger partial charge on any atom is -0.155 e. The molecule has 0 bridgehead atoms. The SMILES string of the molecule is Clc1ccccc1-c1c[n+]2ccc3ccsc3c2s1. The Morgan fingerprint density at radius 2 is 1.95 bits per heavy atom. The van der Waals surface area contributed by atoms with Crippen molar-refractivity contribution in [3.05, 3.63) is 59.2 Å². The largest absolute Gasteiger partial charge is 0.285 e. The lowest BCUT2D eigenvalue weighted by molar-refractivity contribution is -0.505. The maximum atomic E-state index is 6.28. The summed E-state index contributed by atoms with van der Waals surface area (Å²) in [6, 6.07) is 12.3. The van der Waals surface area contributed by atoms with E-state index in [9.17, 15) is 0 Å².